The summed E-state index contributed by atoms with van der Waals surface area (Å²) in [6.45, 7) is 7.28. The zero-order chi connectivity index (χ0) is 13.4. The molecule has 0 fully saturated rings. The van der Waals surface area contributed by atoms with Gasteiger partial charge < -0.3 is 9.88 Å². The van der Waals surface area contributed by atoms with Crippen molar-refractivity contribution in [3.8, 4) is 0 Å². The van der Waals surface area contributed by atoms with Gasteiger partial charge in [-0.2, -0.15) is 0 Å². The van der Waals surface area contributed by atoms with Gasteiger partial charge in [0.05, 0.1) is 6.04 Å². The Hall–Kier alpha value is -1.68. The number of nitrogens with zero attached hydrogens (tertiary/aromatic N) is 3. The molecule has 4 heteroatoms. The summed E-state index contributed by atoms with van der Waals surface area (Å²) in [5, 5.41) is 12.2. The molecule has 2 aromatic rings. The van der Waals surface area contributed by atoms with Gasteiger partial charge in [0.25, 0.3) is 0 Å². The van der Waals surface area contributed by atoms with E-state index in [1.807, 2.05) is 6.92 Å². The van der Waals surface area contributed by atoms with Crippen molar-refractivity contribution in [2.75, 3.05) is 0 Å². The molecule has 0 saturated heterocycles. The Bertz CT molecular complexity index is 586. The molecule has 0 aliphatic carbocycles. The van der Waals surface area contributed by atoms with Gasteiger partial charge in [-0.15, -0.1) is 10.2 Å². The molecule has 100 valence electrons. The van der Waals surface area contributed by atoms with Crippen molar-refractivity contribution in [1.82, 2.24) is 20.1 Å². The molecule has 0 spiro atoms. The molecule has 2 heterocycles. The number of nitrogens with one attached hydrogen (secondary N) is 1. The molecule has 1 aromatic carbocycles. The number of hydrogen-bond donors (Lipinski definition) is 1. The van der Waals surface area contributed by atoms with Gasteiger partial charge in [0, 0.05) is 12.6 Å². The lowest BCUT2D eigenvalue weighted by molar-refractivity contribution is 0.435. The minimum atomic E-state index is 0.262. The highest BCUT2D eigenvalue weighted by Gasteiger charge is 2.25. The topological polar surface area (TPSA) is 42.7 Å². The van der Waals surface area contributed by atoms with Gasteiger partial charge >= 0.3 is 0 Å². The van der Waals surface area contributed by atoms with Gasteiger partial charge in [-0.25, -0.2) is 0 Å². The van der Waals surface area contributed by atoms with E-state index in [-0.39, 0.29) is 6.04 Å². The van der Waals surface area contributed by atoms with E-state index in [0.717, 1.165) is 24.6 Å². The number of aromatic nitrogens is 3. The predicted octanol–water partition coefficient (Wildman–Crippen LogP) is 2.55. The van der Waals surface area contributed by atoms with Gasteiger partial charge in [0.2, 0.25) is 0 Å². The molecule has 1 aliphatic heterocycles. The molecule has 1 N–H and O–H groups in total. The first-order valence-corrected chi connectivity index (χ1v) is 6.88. The van der Waals surface area contributed by atoms with E-state index in [0.29, 0.717) is 6.04 Å². The van der Waals surface area contributed by atoms with Crippen LogP contribution in [0.25, 0.3) is 0 Å². The van der Waals surface area contributed by atoms with Gasteiger partial charge in [-0.1, -0.05) is 24.3 Å². The highest BCUT2D eigenvalue weighted by Crippen LogP contribution is 2.26. The lowest BCUT2D eigenvalue weighted by Gasteiger charge is -2.26. The first kappa shape index (κ1) is 12.4. The van der Waals surface area contributed by atoms with Crippen molar-refractivity contribution in [3.05, 3.63) is 47.0 Å². The lowest BCUT2D eigenvalue weighted by atomic mass is 9.95. The molecule has 0 saturated carbocycles. The quantitative estimate of drug-likeness (QED) is 0.898. The maximum Gasteiger partial charge on any atom is 0.150 e. The van der Waals surface area contributed by atoms with E-state index >= 15 is 0 Å². The van der Waals surface area contributed by atoms with E-state index in [1.54, 1.807) is 0 Å². The van der Waals surface area contributed by atoms with E-state index in [1.165, 1.54) is 11.1 Å². The fourth-order valence-electron chi connectivity index (χ4n) is 2.90. The first-order chi connectivity index (χ1) is 9.16. The third-order valence-electron chi connectivity index (χ3n) is 3.80. The van der Waals surface area contributed by atoms with Crippen molar-refractivity contribution >= 4 is 0 Å². The summed E-state index contributed by atoms with van der Waals surface area (Å²) in [4.78, 5) is 0. The minimum absolute atomic E-state index is 0.262. The number of aryl methyl sites for hydroxylation is 1. The highest BCUT2D eigenvalue weighted by molar-refractivity contribution is 5.31. The van der Waals surface area contributed by atoms with Crippen LogP contribution in [0.2, 0.25) is 0 Å². The maximum atomic E-state index is 4.38. The Balaban J connectivity index is 1.93. The summed E-state index contributed by atoms with van der Waals surface area (Å²) >= 11 is 0. The van der Waals surface area contributed by atoms with Crippen LogP contribution in [0, 0.1) is 6.92 Å². The van der Waals surface area contributed by atoms with E-state index < -0.39 is 0 Å². The lowest BCUT2D eigenvalue weighted by Crippen LogP contribution is -2.31. The SMILES string of the molecule is Cc1nnc([C@H]2Cc3ccccc3CN2)n1C(C)C. The van der Waals surface area contributed by atoms with Gasteiger partial charge in [-0.3, -0.25) is 0 Å². The Kier molecular flexibility index (Phi) is 3.11. The van der Waals surface area contributed by atoms with Crippen LogP contribution in [0.4, 0.5) is 0 Å². The second-order valence-corrected chi connectivity index (χ2v) is 5.48. The van der Waals surface area contributed by atoms with Crippen molar-refractivity contribution in [2.45, 2.75) is 45.8 Å². The summed E-state index contributed by atoms with van der Waals surface area (Å²) < 4.78 is 2.23. The van der Waals surface area contributed by atoms with Gasteiger partial charge in [0.15, 0.2) is 5.82 Å². The molecule has 0 radical (unpaired) electrons. The molecule has 1 atom stereocenters. The standard InChI is InChI=1S/C15H20N4/c1-10(2)19-11(3)17-18-15(19)14-8-12-6-4-5-7-13(12)9-16-14/h4-7,10,14,16H,8-9H2,1-3H3/t14-/m1/s1. The predicted molar refractivity (Wildman–Crippen MR) is 74.9 cm³/mol. The molecule has 1 aliphatic rings. The van der Waals surface area contributed by atoms with Crippen LogP contribution in [0.15, 0.2) is 24.3 Å². The van der Waals surface area contributed by atoms with Crippen molar-refractivity contribution < 1.29 is 0 Å². The number of benzene rings is 1. The maximum absolute atomic E-state index is 4.38. The van der Waals surface area contributed by atoms with E-state index in [2.05, 4.69) is 58.2 Å². The largest absolute Gasteiger partial charge is 0.311 e. The highest BCUT2D eigenvalue weighted by atomic mass is 15.3. The van der Waals surface area contributed by atoms with Crippen LogP contribution >= 0.6 is 0 Å². The van der Waals surface area contributed by atoms with Crippen LogP contribution in [0.5, 0.6) is 0 Å². The van der Waals surface area contributed by atoms with Crippen LogP contribution in [0.1, 0.15) is 48.7 Å². The van der Waals surface area contributed by atoms with Crippen LogP contribution in [0.3, 0.4) is 0 Å². The fourth-order valence-corrected chi connectivity index (χ4v) is 2.90. The Labute approximate surface area is 113 Å². The molecule has 19 heavy (non-hydrogen) atoms. The van der Waals surface area contributed by atoms with Crippen molar-refractivity contribution in [3.63, 3.8) is 0 Å². The summed E-state index contributed by atoms with van der Waals surface area (Å²) in [7, 11) is 0. The smallest absolute Gasteiger partial charge is 0.150 e. The summed E-state index contributed by atoms with van der Waals surface area (Å²) in [5.74, 6) is 2.05. The molecule has 0 bridgehead atoms. The van der Waals surface area contributed by atoms with Crippen molar-refractivity contribution in [2.24, 2.45) is 0 Å². The number of rotatable bonds is 2. The third-order valence-corrected chi connectivity index (χ3v) is 3.80. The normalized spacial score (nSPS) is 18.6. The Morgan fingerprint density at radius 3 is 2.68 bits per heavy atom. The average Bonchev–Trinajstić information content (AvgIpc) is 2.80. The monoisotopic (exact) mass is 256 g/mol. The van der Waals surface area contributed by atoms with Crippen LogP contribution < -0.4 is 5.32 Å². The van der Waals surface area contributed by atoms with Gasteiger partial charge in [-0.05, 0) is 38.3 Å². The first-order valence-electron chi connectivity index (χ1n) is 6.88. The summed E-state index contributed by atoms with van der Waals surface area (Å²) in [5.41, 5.74) is 2.81. The molecular formula is C15H20N4. The molecule has 0 unspecified atom stereocenters. The average molecular weight is 256 g/mol. The number of hydrogen-bond acceptors (Lipinski definition) is 3. The third kappa shape index (κ3) is 2.16. The number of fused-ring (bicyclic) bond motifs is 1. The fraction of sp³-hybridized carbons (Fsp3) is 0.467. The second kappa shape index (κ2) is 4.78. The van der Waals surface area contributed by atoms with Gasteiger partial charge in [0.1, 0.15) is 5.82 Å². The molecule has 3 rings (SSSR count). The molecule has 0 amide bonds. The zero-order valence-electron chi connectivity index (χ0n) is 11.7. The summed E-state index contributed by atoms with van der Waals surface area (Å²) in [6, 6.07) is 9.27. The zero-order valence-corrected chi connectivity index (χ0v) is 11.7. The Morgan fingerprint density at radius 1 is 1.21 bits per heavy atom. The summed E-state index contributed by atoms with van der Waals surface area (Å²) in [6.07, 6.45) is 0.987. The van der Waals surface area contributed by atoms with Crippen LogP contribution in [-0.4, -0.2) is 14.8 Å². The van der Waals surface area contributed by atoms with E-state index in [4.69, 9.17) is 0 Å². The minimum Gasteiger partial charge on any atom is -0.311 e. The molecular weight excluding hydrogens is 236 g/mol. The van der Waals surface area contributed by atoms with E-state index in [9.17, 15) is 0 Å². The van der Waals surface area contributed by atoms with Crippen molar-refractivity contribution in [1.29, 1.82) is 0 Å². The second-order valence-electron chi connectivity index (χ2n) is 5.48. The van der Waals surface area contributed by atoms with Crippen LogP contribution in [-0.2, 0) is 13.0 Å². The molecule has 1 aromatic heterocycles. The Morgan fingerprint density at radius 2 is 1.95 bits per heavy atom. The molecule has 4 nitrogen and oxygen atoms in total.